The lowest BCUT2D eigenvalue weighted by Gasteiger charge is -2.32. The van der Waals surface area contributed by atoms with Crippen LogP contribution < -0.4 is 4.74 Å². The SMILES string of the molecule is O=C(Cn1cnc2ccccc21)N1CCC(Oc2ccncn2)CC1. The van der Waals surface area contributed by atoms with E-state index in [1.807, 2.05) is 33.7 Å². The number of hydrogen-bond acceptors (Lipinski definition) is 5. The lowest BCUT2D eigenvalue weighted by atomic mass is 10.1. The number of benzene rings is 1. The smallest absolute Gasteiger partial charge is 0.242 e. The molecule has 3 aromatic rings. The number of aromatic nitrogens is 4. The summed E-state index contributed by atoms with van der Waals surface area (Å²) in [6, 6.07) is 9.59. The summed E-state index contributed by atoms with van der Waals surface area (Å²) in [6.07, 6.45) is 6.57. The molecule has 0 spiro atoms. The summed E-state index contributed by atoms with van der Waals surface area (Å²) in [5.41, 5.74) is 1.89. The molecule has 0 N–H and O–H groups in total. The average Bonchev–Trinajstić information content (AvgIpc) is 3.06. The molecular weight excluding hydrogens is 318 g/mol. The van der Waals surface area contributed by atoms with Gasteiger partial charge in [-0.1, -0.05) is 12.1 Å². The minimum atomic E-state index is 0.0908. The van der Waals surface area contributed by atoms with Crippen molar-refractivity contribution >= 4 is 16.9 Å². The third kappa shape index (κ3) is 3.45. The van der Waals surface area contributed by atoms with Crippen molar-refractivity contribution in [2.24, 2.45) is 0 Å². The Kier molecular flexibility index (Phi) is 4.28. The molecule has 1 saturated heterocycles. The van der Waals surface area contributed by atoms with E-state index in [4.69, 9.17) is 4.74 Å². The van der Waals surface area contributed by atoms with Crippen molar-refractivity contribution < 1.29 is 9.53 Å². The molecule has 0 bridgehead atoms. The summed E-state index contributed by atoms with van der Waals surface area (Å²) in [6.45, 7) is 1.71. The highest BCUT2D eigenvalue weighted by atomic mass is 16.5. The quantitative estimate of drug-likeness (QED) is 0.727. The lowest BCUT2D eigenvalue weighted by Crippen LogP contribution is -2.43. The first-order chi connectivity index (χ1) is 12.3. The number of carbonyl (C=O) groups is 1. The predicted octanol–water partition coefficient (Wildman–Crippen LogP) is 1.90. The molecule has 0 radical (unpaired) electrons. The number of nitrogens with zero attached hydrogens (tertiary/aromatic N) is 5. The van der Waals surface area contributed by atoms with Crippen LogP contribution in [-0.4, -0.2) is 49.5 Å². The van der Waals surface area contributed by atoms with Gasteiger partial charge in [0.15, 0.2) is 0 Å². The van der Waals surface area contributed by atoms with E-state index in [0.29, 0.717) is 25.5 Å². The van der Waals surface area contributed by atoms with Gasteiger partial charge >= 0.3 is 0 Å². The highest BCUT2D eigenvalue weighted by molar-refractivity contribution is 5.80. The number of piperidine rings is 1. The second-order valence-electron chi connectivity index (χ2n) is 6.11. The van der Waals surface area contributed by atoms with Crippen LogP contribution in [0.15, 0.2) is 49.2 Å². The Morgan fingerprint density at radius 2 is 2.00 bits per heavy atom. The van der Waals surface area contributed by atoms with Crippen LogP contribution in [-0.2, 0) is 11.3 Å². The molecule has 1 aliphatic rings. The highest BCUT2D eigenvalue weighted by Crippen LogP contribution is 2.18. The first-order valence-electron chi connectivity index (χ1n) is 8.40. The van der Waals surface area contributed by atoms with Crippen LogP contribution >= 0.6 is 0 Å². The number of imidazole rings is 1. The molecule has 7 nitrogen and oxygen atoms in total. The molecular formula is C18H19N5O2. The largest absolute Gasteiger partial charge is 0.474 e. The Morgan fingerprint density at radius 1 is 1.16 bits per heavy atom. The molecule has 0 aliphatic carbocycles. The van der Waals surface area contributed by atoms with Crippen LogP contribution in [0.5, 0.6) is 5.88 Å². The lowest BCUT2D eigenvalue weighted by molar-refractivity contribution is -0.133. The van der Waals surface area contributed by atoms with Crippen LogP contribution in [0.3, 0.4) is 0 Å². The summed E-state index contributed by atoms with van der Waals surface area (Å²) < 4.78 is 7.75. The van der Waals surface area contributed by atoms with Crippen LogP contribution in [0.4, 0.5) is 0 Å². The van der Waals surface area contributed by atoms with Gasteiger partial charge in [-0.05, 0) is 12.1 Å². The predicted molar refractivity (Wildman–Crippen MR) is 92.0 cm³/mol. The number of carbonyl (C=O) groups excluding carboxylic acids is 1. The molecule has 7 heteroatoms. The van der Waals surface area contributed by atoms with Gasteiger partial charge in [0.2, 0.25) is 11.8 Å². The average molecular weight is 337 g/mol. The van der Waals surface area contributed by atoms with E-state index >= 15 is 0 Å². The van der Waals surface area contributed by atoms with Crippen LogP contribution in [0.25, 0.3) is 11.0 Å². The van der Waals surface area contributed by atoms with Crippen molar-refractivity contribution in [3.05, 3.63) is 49.2 Å². The topological polar surface area (TPSA) is 73.1 Å². The fraction of sp³-hybridized carbons (Fsp3) is 0.333. The zero-order chi connectivity index (χ0) is 17.1. The third-order valence-corrected chi connectivity index (χ3v) is 4.47. The molecule has 1 fully saturated rings. The first-order valence-corrected chi connectivity index (χ1v) is 8.40. The van der Waals surface area contributed by atoms with E-state index in [-0.39, 0.29) is 12.0 Å². The van der Waals surface area contributed by atoms with Gasteiger partial charge in [0, 0.05) is 38.2 Å². The monoisotopic (exact) mass is 337 g/mol. The number of amides is 1. The molecule has 2 aromatic heterocycles. The van der Waals surface area contributed by atoms with Crippen molar-refractivity contribution in [3.8, 4) is 5.88 Å². The second kappa shape index (κ2) is 6.88. The van der Waals surface area contributed by atoms with Crippen molar-refractivity contribution in [1.29, 1.82) is 0 Å². The van der Waals surface area contributed by atoms with Crippen LogP contribution in [0.2, 0.25) is 0 Å². The Balaban J connectivity index is 1.33. The molecule has 3 heterocycles. The molecule has 0 unspecified atom stereocenters. The van der Waals surface area contributed by atoms with Gasteiger partial charge in [-0.3, -0.25) is 4.79 Å². The normalized spacial score (nSPS) is 15.4. The summed E-state index contributed by atoms with van der Waals surface area (Å²) in [5.74, 6) is 0.702. The van der Waals surface area contributed by atoms with Gasteiger partial charge in [0.05, 0.1) is 17.4 Å². The van der Waals surface area contributed by atoms with E-state index in [2.05, 4.69) is 15.0 Å². The molecule has 1 amide bonds. The number of fused-ring (bicyclic) bond motifs is 1. The second-order valence-corrected chi connectivity index (χ2v) is 6.11. The molecule has 25 heavy (non-hydrogen) atoms. The standard InChI is InChI=1S/C18H19N5O2/c24-18(11-23-13-21-15-3-1-2-4-16(15)23)22-9-6-14(7-10-22)25-17-5-8-19-12-20-17/h1-5,8,12-14H,6-7,9-11H2. The Bertz CT molecular complexity index is 856. The number of ether oxygens (including phenoxy) is 1. The van der Waals surface area contributed by atoms with E-state index in [0.717, 1.165) is 23.9 Å². The molecule has 4 rings (SSSR count). The minimum Gasteiger partial charge on any atom is -0.474 e. The highest BCUT2D eigenvalue weighted by Gasteiger charge is 2.24. The van der Waals surface area contributed by atoms with E-state index < -0.39 is 0 Å². The number of rotatable bonds is 4. The van der Waals surface area contributed by atoms with Crippen molar-refractivity contribution in [3.63, 3.8) is 0 Å². The van der Waals surface area contributed by atoms with E-state index in [9.17, 15) is 4.79 Å². The summed E-state index contributed by atoms with van der Waals surface area (Å²) >= 11 is 0. The number of likely N-dealkylation sites (tertiary alicyclic amines) is 1. The summed E-state index contributed by atoms with van der Waals surface area (Å²) in [7, 11) is 0. The Labute approximate surface area is 145 Å². The zero-order valence-corrected chi connectivity index (χ0v) is 13.8. The van der Waals surface area contributed by atoms with Crippen LogP contribution in [0.1, 0.15) is 12.8 Å². The van der Waals surface area contributed by atoms with Gasteiger partial charge in [-0.2, -0.15) is 0 Å². The third-order valence-electron chi connectivity index (χ3n) is 4.47. The van der Waals surface area contributed by atoms with Gasteiger partial charge in [0.1, 0.15) is 19.0 Å². The molecule has 0 saturated carbocycles. The zero-order valence-electron chi connectivity index (χ0n) is 13.8. The van der Waals surface area contributed by atoms with E-state index in [1.54, 1.807) is 18.6 Å². The van der Waals surface area contributed by atoms with Gasteiger partial charge < -0.3 is 14.2 Å². The number of hydrogen-bond donors (Lipinski definition) is 0. The van der Waals surface area contributed by atoms with Crippen molar-refractivity contribution in [2.75, 3.05) is 13.1 Å². The maximum atomic E-state index is 12.6. The van der Waals surface area contributed by atoms with E-state index in [1.165, 1.54) is 6.33 Å². The van der Waals surface area contributed by atoms with Gasteiger partial charge in [-0.25, -0.2) is 15.0 Å². The maximum absolute atomic E-state index is 12.6. The van der Waals surface area contributed by atoms with Crippen molar-refractivity contribution in [2.45, 2.75) is 25.5 Å². The Morgan fingerprint density at radius 3 is 2.80 bits per heavy atom. The van der Waals surface area contributed by atoms with Gasteiger partial charge in [-0.15, -0.1) is 0 Å². The molecule has 128 valence electrons. The summed E-state index contributed by atoms with van der Waals surface area (Å²) in [4.78, 5) is 26.8. The fourth-order valence-electron chi connectivity index (χ4n) is 3.12. The minimum absolute atomic E-state index is 0.0908. The fourth-order valence-corrected chi connectivity index (χ4v) is 3.12. The first kappa shape index (κ1) is 15.6. The Hall–Kier alpha value is -2.96. The summed E-state index contributed by atoms with van der Waals surface area (Å²) in [5, 5.41) is 0. The molecule has 1 aliphatic heterocycles. The van der Waals surface area contributed by atoms with Crippen LogP contribution in [0, 0.1) is 0 Å². The number of para-hydroxylation sites is 2. The van der Waals surface area contributed by atoms with Crippen molar-refractivity contribution in [1.82, 2.24) is 24.4 Å². The molecule has 0 atom stereocenters. The van der Waals surface area contributed by atoms with Gasteiger partial charge in [0.25, 0.3) is 0 Å². The maximum Gasteiger partial charge on any atom is 0.242 e. The molecule has 1 aromatic carbocycles.